The fraction of sp³-hybridized carbons (Fsp3) is 0.300. The van der Waals surface area contributed by atoms with Crippen LogP contribution in [0.15, 0.2) is 52.1 Å². The Hall–Kier alpha value is -2.07. The molecule has 0 aliphatic carbocycles. The summed E-state index contributed by atoms with van der Waals surface area (Å²) < 4.78 is 27.3. The lowest BCUT2D eigenvalue weighted by atomic mass is 9.99. The van der Waals surface area contributed by atoms with E-state index in [1.807, 2.05) is 37.3 Å². The van der Waals surface area contributed by atoms with E-state index in [1.165, 1.54) is 27.0 Å². The Kier molecular flexibility index (Phi) is 5.82. The fourth-order valence-corrected chi connectivity index (χ4v) is 7.07. The number of nitrogens with zero attached hydrogens (tertiary/aromatic N) is 2. The highest BCUT2D eigenvalue weighted by Gasteiger charge is 2.34. The van der Waals surface area contributed by atoms with E-state index in [4.69, 9.17) is 0 Å². The summed E-state index contributed by atoms with van der Waals surface area (Å²) in [4.78, 5) is 18.3. The summed E-state index contributed by atoms with van der Waals surface area (Å²) in [5, 5.41) is 5.19. The lowest BCUT2D eigenvalue weighted by Crippen LogP contribution is -2.43. The minimum absolute atomic E-state index is 0.176. The summed E-state index contributed by atoms with van der Waals surface area (Å²) in [6.07, 6.45) is 1.33. The predicted molar refractivity (Wildman–Crippen MR) is 117 cm³/mol. The Morgan fingerprint density at radius 2 is 2.00 bits per heavy atom. The Bertz CT molecular complexity index is 1090. The molecular weight excluding hydrogens is 426 g/mol. The average Bonchev–Trinajstić information content (AvgIpc) is 3.39. The van der Waals surface area contributed by atoms with Gasteiger partial charge in [-0.05, 0) is 36.8 Å². The molecule has 1 aliphatic rings. The summed E-state index contributed by atoms with van der Waals surface area (Å²) in [5.74, 6) is -0.563. The summed E-state index contributed by atoms with van der Waals surface area (Å²) in [7, 11) is -3.54. The molecule has 0 saturated carbocycles. The third kappa shape index (κ3) is 4.28. The number of anilines is 1. The molecule has 0 radical (unpaired) electrons. The first-order valence-electron chi connectivity index (χ1n) is 9.32. The third-order valence-corrected chi connectivity index (χ3v) is 9.27. The minimum Gasteiger partial charge on any atom is -0.302 e. The van der Waals surface area contributed by atoms with Crippen molar-refractivity contribution in [3.8, 4) is 10.4 Å². The van der Waals surface area contributed by atoms with Crippen LogP contribution in [0, 0.1) is 12.8 Å². The number of nitrogens with one attached hydrogen (secondary N) is 1. The molecule has 152 valence electrons. The number of aryl methyl sites for hydroxylation is 1. The monoisotopic (exact) mass is 447 g/mol. The van der Waals surface area contributed by atoms with Gasteiger partial charge in [-0.25, -0.2) is 13.4 Å². The first-order chi connectivity index (χ1) is 13.9. The summed E-state index contributed by atoms with van der Waals surface area (Å²) in [6.45, 7) is 2.56. The molecule has 1 fully saturated rings. The highest BCUT2D eigenvalue weighted by atomic mass is 32.2. The maximum atomic E-state index is 12.8. The lowest BCUT2D eigenvalue weighted by molar-refractivity contribution is -0.120. The van der Waals surface area contributed by atoms with Gasteiger partial charge in [-0.3, -0.25) is 4.79 Å². The van der Waals surface area contributed by atoms with E-state index in [1.54, 1.807) is 17.5 Å². The maximum absolute atomic E-state index is 12.8. The Morgan fingerprint density at radius 1 is 1.21 bits per heavy atom. The first kappa shape index (κ1) is 20.2. The number of thiophene rings is 1. The van der Waals surface area contributed by atoms with Gasteiger partial charge in [0.15, 0.2) is 5.13 Å². The van der Waals surface area contributed by atoms with Gasteiger partial charge in [-0.1, -0.05) is 47.7 Å². The Balaban J connectivity index is 1.46. The third-order valence-electron chi connectivity index (χ3n) is 4.91. The number of benzene rings is 1. The van der Waals surface area contributed by atoms with Gasteiger partial charge in [-0.15, -0.1) is 11.3 Å². The van der Waals surface area contributed by atoms with Gasteiger partial charge in [0.1, 0.15) is 4.21 Å². The molecule has 3 aromatic rings. The number of hydrogen-bond donors (Lipinski definition) is 1. The molecule has 6 nitrogen and oxygen atoms in total. The van der Waals surface area contributed by atoms with Gasteiger partial charge in [0, 0.05) is 13.1 Å². The number of aromatic nitrogens is 1. The first-order valence-corrected chi connectivity index (χ1v) is 12.5. The van der Waals surface area contributed by atoms with Crippen molar-refractivity contribution in [2.24, 2.45) is 5.92 Å². The molecule has 0 spiro atoms. The quantitative estimate of drug-likeness (QED) is 0.635. The molecule has 1 aliphatic heterocycles. The SMILES string of the molecule is Cc1nc(NC(=O)C2CCCN(S(=O)(=O)c3cccs3)C2)sc1-c1ccccc1. The standard InChI is InChI=1S/C20H21N3O3S3/c1-14-18(15-7-3-2-4-8-15)28-20(21-14)22-19(24)16-9-5-11-23(13-16)29(25,26)17-10-6-12-27-17/h2-4,6-8,10,12,16H,5,9,11,13H2,1H3,(H,21,22,24). The number of carbonyl (C=O) groups is 1. The number of hydrogen-bond acceptors (Lipinski definition) is 6. The molecule has 1 N–H and O–H groups in total. The molecule has 1 unspecified atom stereocenters. The van der Waals surface area contributed by atoms with E-state index in [2.05, 4.69) is 10.3 Å². The summed E-state index contributed by atoms with van der Waals surface area (Å²) in [5.41, 5.74) is 1.93. The van der Waals surface area contributed by atoms with Crippen LogP contribution in [0.3, 0.4) is 0 Å². The van der Waals surface area contributed by atoms with Gasteiger partial charge in [0.2, 0.25) is 5.91 Å². The van der Waals surface area contributed by atoms with Crippen LogP contribution >= 0.6 is 22.7 Å². The number of amides is 1. The fourth-order valence-electron chi connectivity index (χ4n) is 3.43. The van der Waals surface area contributed by atoms with Crippen LogP contribution in [0.1, 0.15) is 18.5 Å². The zero-order valence-corrected chi connectivity index (χ0v) is 18.3. The molecule has 9 heteroatoms. The number of rotatable bonds is 5. The second kappa shape index (κ2) is 8.35. The molecule has 2 aromatic heterocycles. The van der Waals surface area contributed by atoms with Gasteiger partial charge in [-0.2, -0.15) is 4.31 Å². The smallest absolute Gasteiger partial charge is 0.252 e. The zero-order valence-electron chi connectivity index (χ0n) is 15.9. The molecule has 29 heavy (non-hydrogen) atoms. The normalized spacial score (nSPS) is 17.9. The molecule has 4 rings (SSSR count). The van der Waals surface area contributed by atoms with E-state index >= 15 is 0 Å². The van der Waals surface area contributed by atoms with Crippen molar-refractivity contribution >= 4 is 43.7 Å². The predicted octanol–water partition coefficient (Wildman–Crippen LogP) is 4.22. The van der Waals surface area contributed by atoms with Crippen molar-refractivity contribution < 1.29 is 13.2 Å². The van der Waals surface area contributed by atoms with Crippen LogP contribution in [0.2, 0.25) is 0 Å². The second-order valence-electron chi connectivity index (χ2n) is 6.92. The molecular formula is C20H21N3O3S3. The van der Waals surface area contributed by atoms with Crippen LogP contribution in [-0.2, 0) is 14.8 Å². The zero-order chi connectivity index (χ0) is 20.4. The van der Waals surface area contributed by atoms with Crippen LogP contribution in [0.4, 0.5) is 5.13 Å². The highest BCUT2D eigenvalue weighted by molar-refractivity contribution is 7.91. The molecule has 1 saturated heterocycles. The van der Waals surface area contributed by atoms with Crippen molar-refractivity contribution in [1.29, 1.82) is 0 Å². The van der Waals surface area contributed by atoms with Gasteiger partial charge < -0.3 is 5.32 Å². The van der Waals surface area contributed by atoms with Gasteiger partial charge in [0.25, 0.3) is 10.0 Å². The van der Waals surface area contributed by atoms with Crippen LogP contribution < -0.4 is 5.32 Å². The van der Waals surface area contributed by atoms with Gasteiger partial charge >= 0.3 is 0 Å². The number of carbonyl (C=O) groups excluding carboxylic acids is 1. The van der Waals surface area contributed by atoms with E-state index in [9.17, 15) is 13.2 Å². The number of piperidine rings is 1. The summed E-state index contributed by atoms with van der Waals surface area (Å²) in [6, 6.07) is 13.3. The van der Waals surface area contributed by atoms with E-state index in [0.717, 1.165) is 16.1 Å². The van der Waals surface area contributed by atoms with Crippen LogP contribution in [-0.4, -0.2) is 36.7 Å². The van der Waals surface area contributed by atoms with E-state index in [-0.39, 0.29) is 18.4 Å². The topological polar surface area (TPSA) is 79.4 Å². The second-order valence-corrected chi connectivity index (χ2v) is 11.0. The minimum atomic E-state index is -3.54. The lowest BCUT2D eigenvalue weighted by Gasteiger charge is -2.30. The maximum Gasteiger partial charge on any atom is 0.252 e. The average molecular weight is 448 g/mol. The molecule has 3 heterocycles. The largest absolute Gasteiger partial charge is 0.302 e. The van der Waals surface area contributed by atoms with Crippen molar-refractivity contribution in [1.82, 2.24) is 9.29 Å². The van der Waals surface area contributed by atoms with E-state index in [0.29, 0.717) is 28.7 Å². The van der Waals surface area contributed by atoms with Crippen molar-refractivity contribution in [2.75, 3.05) is 18.4 Å². The Labute approximate surface area is 178 Å². The van der Waals surface area contributed by atoms with Crippen molar-refractivity contribution in [3.05, 3.63) is 53.5 Å². The molecule has 0 bridgehead atoms. The van der Waals surface area contributed by atoms with Crippen LogP contribution in [0.5, 0.6) is 0 Å². The molecule has 1 amide bonds. The Morgan fingerprint density at radius 3 is 2.72 bits per heavy atom. The number of thiazole rings is 1. The van der Waals surface area contributed by atoms with Crippen molar-refractivity contribution in [3.63, 3.8) is 0 Å². The van der Waals surface area contributed by atoms with Crippen LogP contribution in [0.25, 0.3) is 10.4 Å². The number of sulfonamides is 1. The molecule has 1 atom stereocenters. The molecule has 1 aromatic carbocycles. The van der Waals surface area contributed by atoms with E-state index < -0.39 is 10.0 Å². The van der Waals surface area contributed by atoms with Gasteiger partial charge in [0.05, 0.1) is 16.5 Å². The highest BCUT2D eigenvalue weighted by Crippen LogP contribution is 2.33. The summed E-state index contributed by atoms with van der Waals surface area (Å²) >= 11 is 2.64. The van der Waals surface area contributed by atoms with Crippen molar-refractivity contribution in [2.45, 2.75) is 24.0 Å².